The van der Waals surface area contributed by atoms with Gasteiger partial charge >= 0.3 is 0 Å². The largest absolute Gasteiger partial charge is 0.326 e. The summed E-state index contributed by atoms with van der Waals surface area (Å²) in [6.07, 6.45) is 0.415. The second kappa shape index (κ2) is 7.40. The molecule has 0 aliphatic rings. The molecule has 114 valence electrons. The summed E-state index contributed by atoms with van der Waals surface area (Å²) in [6.45, 7) is 3.71. The Hall–Kier alpha value is -1.89. The molecular weight excluding hydrogens is 391 g/mol. The predicted octanol–water partition coefficient (Wildman–Crippen LogP) is 4.20. The quantitative estimate of drug-likeness (QED) is 0.746. The lowest BCUT2D eigenvalue weighted by atomic mass is 10.1. The fraction of sp³-hybridized carbons (Fsp3) is 0.176. The molecule has 0 radical (unpaired) electrons. The average molecular weight is 408 g/mol. The SMILES string of the molecule is CCC(=O)Nc1cc(NC(=O)c2ccccc2I)ccc1C. The number of carbonyl (C=O) groups excluding carboxylic acids is 2. The van der Waals surface area contributed by atoms with Crippen LogP contribution in [0.15, 0.2) is 42.5 Å². The van der Waals surface area contributed by atoms with Crippen LogP contribution < -0.4 is 10.6 Å². The molecule has 4 nitrogen and oxygen atoms in total. The first-order valence-electron chi connectivity index (χ1n) is 6.97. The van der Waals surface area contributed by atoms with Crippen molar-refractivity contribution in [1.29, 1.82) is 0 Å². The number of hydrogen-bond donors (Lipinski definition) is 2. The van der Waals surface area contributed by atoms with Crippen LogP contribution in [0.2, 0.25) is 0 Å². The van der Waals surface area contributed by atoms with Gasteiger partial charge in [0.05, 0.1) is 5.56 Å². The smallest absolute Gasteiger partial charge is 0.256 e. The summed E-state index contributed by atoms with van der Waals surface area (Å²) in [5.74, 6) is -0.217. The van der Waals surface area contributed by atoms with Crippen molar-refractivity contribution < 1.29 is 9.59 Å². The van der Waals surface area contributed by atoms with E-state index in [9.17, 15) is 9.59 Å². The van der Waals surface area contributed by atoms with Crippen LogP contribution in [0.3, 0.4) is 0 Å². The van der Waals surface area contributed by atoms with E-state index in [1.54, 1.807) is 19.1 Å². The number of aryl methyl sites for hydroxylation is 1. The molecule has 0 saturated carbocycles. The van der Waals surface area contributed by atoms with Gasteiger partial charge in [-0.05, 0) is 59.3 Å². The van der Waals surface area contributed by atoms with Gasteiger partial charge in [0.15, 0.2) is 0 Å². The molecule has 0 unspecified atom stereocenters. The van der Waals surface area contributed by atoms with Crippen LogP contribution in [0.5, 0.6) is 0 Å². The van der Waals surface area contributed by atoms with E-state index in [1.807, 2.05) is 37.3 Å². The summed E-state index contributed by atoms with van der Waals surface area (Å²) in [7, 11) is 0. The predicted molar refractivity (Wildman–Crippen MR) is 97.2 cm³/mol. The van der Waals surface area contributed by atoms with E-state index in [0.717, 1.165) is 9.13 Å². The van der Waals surface area contributed by atoms with Gasteiger partial charge in [-0.25, -0.2) is 0 Å². The van der Waals surface area contributed by atoms with Crippen LogP contribution in [0.1, 0.15) is 29.3 Å². The van der Waals surface area contributed by atoms with Crippen molar-refractivity contribution in [2.24, 2.45) is 0 Å². The van der Waals surface area contributed by atoms with Crippen LogP contribution in [0.25, 0.3) is 0 Å². The topological polar surface area (TPSA) is 58.2 Å². The summed E-state index contributed by atoms with van der Waals surface area (Å²) in [5, 5.41) is 5.70. The van der Waals surface area contributed by atoms with E-state index in [-0.39, 0.29) is 11.8 Å². The van der Waals surface area contributed by atoms with Gasteiger partial charge in [0, 0.05) is 21.4 Å². The van der Waals surface area contributed by atoms with Crippen LogP contribution in [-0.2, 0) is 4.79 Å². The highest BCUT2D eigenvalue weighted by Gasteiger charge is 2.10. The molecule has 0 aliphatic heterocycles. The minimum absolute atomic E-state index is 0.0517. The van der Waals surface area contributed by atoms with Crippen molar-refractivity contribution >= 4 is 45.8 Å². The first-order chi connectivity index (χ1) is 10.5. The molecule has 2 amide bonds. The zero-order valence-corrected chi connectivity index (χ0v) is 14.6. The highest BCUT2D eigenvalue weighted by atomic mass is 127. The Kier molecular flexibility index (Phi) is 5.54. The van der Waals surface area contributed by atoms with Crippen LogP contribution >= 0.6 is 22.6 Å². The molecule has 0 bridgehead atoms. The second-order valence-corrected chi connectivity index (χ2v) is 6.03. The van der Waals surface area contributed by atoms with Crippen molar-refractivity contribution in [3.05, 3.63) is 57.2 Å². The van der Waals surface area contributed by atoms with Crippen LogP contribution in [0.4, 0.5) is 11.4 Å². The minimum Gasteiger partial charge on any atom is -0.326 e. The number of anilines is 2. The van der Waals surface area contributed by atoms with Gasteiger partial charge < -0.3 is 10.6 Å². The zero-order chi connectivity index (χ0) is 16.1. The first kappa shape index (κ1) is 16.5. The lowest BCUT2D eigenvalue weighted by molar-refractivity contribution is -0.115. The Balaban J connectivity index is 2.20. The van der Waals surface area contributed by atoms with Gasteiger partial charge in [-0.2, -0.15) is 0 Å². The van der Waals surface area contributed by atoms with Crippen LogP contribution in [0, 0.1) is 10.5 Å². The van der Waals surface area contributed by atoms with Gasteiger partial charge in [-0.1, -0.05) is 25.1 Å². The maximum atomic E-state index is 12.3. The third-order valence-corrected chi connectivity index (χ3v) is 4.15. The van der Waals surface area contributed by atoms with Crippen molar-refractivity contribution in [3.8, 4) is 0 Å². The summed E-state index contributed by atoms with van der Waals surface area (Å²) in [5.41, 5.74) is 2.95. The number of hydrogen-bond acceptors (Lipinski definition) is 2. The van der Waals surface area contributed by atoms with Crippen molar-refractivity contribution in [2.45, 2.75) is 20.3 Å². The Morgan fingerprint density at radius 1 is 1.09 bits per heavy atom. The highest BCUT2D eigenvalue weighted by Crippen LogP contribution is 2.22. The van der Waals surface area contributed by atoms with Gasteiger partial charge in [0.25, 0.3) is 5.91 Å². The first-order valence-corrected chi connectivity index (χ1v) is 8.05. The molecule has 0 aliphatic carbocycles. The Bertz CT molecular complexity index is 714. The van der Waals surface area contributed by atoms with E-state index in [1.165, 1.54) is 0 Å². The van der Waals surface area contributed by atoms with E-state index in [4.69, 9.17) is 0 Å². The monoisotopic (exact) mass is 408 g/mol. The second-order valence-electron chi connectivity index (χ2n) is 4.87. The highest BCUT2D eigenvalue weighted by molar-refractivity contribution is 14.1. The molecule has 2 N–H and O–H groups in total. The third-order valence-electron chi connectivity index (χ3n) is 3.21. The number of amides is 2. The molecule has 22 heavy (non-hydrogen) atoms. The van der Waals surface area contributed by atoms with E-state index < -0.39 is 0 Å². The van der Waals surface area contributed by atoms with Gasteiger partial charge in [0.1, 0.15) is 0 Å². The van der Waals surface area contributed by atoms with E-state index >= 15 is 0 Å². The lowest BCUT2D eigenvalue weighted by Gasteiger charge is -2.11. The lowest BCUT2D eigenvalue weighted by Crippen LogP contribution is -2.14. The Morgan fingerprint density at radius 3 is 2.50 bits per heavy atom. The molecule has 2 aromatic rings. The van der Waals surface area contributed by atoms with E-state index in [0.29, 0.717) is 23.4 Å². The van der Waals surface area contributed by atoms with Gasteiger partial charge in [-0.15, -0.1) is 0 Å². The summed E-state index contributed by atoms with van der Waals surface area (Å²) < 4.78 is 0.893. The summed E-state index contributed by atoms with van der Waals surface area (Å²) in [6, 6.07) is 12.9. The Morgan fingerprint density at radius 2 is 1.82 bits per heavy atom. The molecular formula is C17H17IN2O2. The molecule has 2 aromatic carbocycles. The zero-order valence-electron chi connectivity index (χ0n) is 12.4. The standard InChI is InChI=1S/C17H17IN2O2/c1-3-16(21)20-15-10-12(9-8-11(15)2)19-17(22)13-6-4-5-7-14(13)18/h4-10H,3H2,1-2H3,(H,19,22)(H,20,21). The maximum absolute atomic E-state index is 12.3. The van der Waals surface area contributed by atoms with Gasteiger partial charge in [-0.3, -0.25) is 9.59 Å². The molecule has 0 atom stereocenters. The van der Waals surface area contributed by atoms with Gasteiger partial charge in [0.2, 0.25) is 5.91 Å². The number of rotatable bonds is 4. The fourth-order valence-electron chi connectivity index (χ4n) is 1.92. The van der Waals surface area contributed by atoms with Crippen molar-refractivity contribution in [3.63, 3.8) is 0 Å². The molecule has 5 heteroatoms. The summed E-state index contributed by atoms with van der Waals surface area (Å²) >= 11 is 2.13. The average Bonchev–Trinajstić information content (AvgIpc) is 2.50. The third kappa shape index (κ3) is 4.07. The normalized spacial score (nSPS) is 10.1. The number of halogens is 1. The number of nitrogens with one attached hydrogen (secondary N) is 2. The molecule has 0 saturated heterocycles. The van der Waals surface area contributed by atoms with E-state index in [2.05, 4.69) is 33.2 Å². The number of carbonyl (C=O) groups is 2. The number of benzene rings is 2. The van der Waals surface area contributed by atoms with Crippen molar-refractivity contribution in [2.75, 3.05) is 10.6 Å². The van der Waals surface area contributed by atoms with Crippen LogP contribution in [-0.4, -0.2) is 11.8 Å². The minimum atomic E-state index is -0.165. The summed E-state index contributed by atoms with van der Waals surface area (Å²) in [4.78, 5) is 23.8. The maximum Gasteiger partial charge on any atom is 0.256 e. The fourth-order valence-corrected chi connectivity index (χ4v) is 2.55. The molecule has 2 rings (SSSR count). The molecule has 0 spiro atoms. The molecule has 0 heterocycles. The molecule has 0 aromatic heterocycles. The van der Waals surface area contributed by atoms with Crippen molar-refractivity contribution in [1.82, 2.24) is 0 Å². The Labute approximate surface area is 143 Å². The molecule has 0 fully saturated rings.